The molecule has 0 spiro atoms. The molecule has 0 bridgehead atoms. The van der Waals surface area contributed by atoms with Crippen LogP contribution in [-0.2, 0) is 30.4 Å². The van der Waals surface area contributed by atoms with Crippen molar-refractivity contribution in [2.45, 2.75) is 122 Å². The SMILES string of the molecule is CC#CCCOc1ccc(C[C@H](NC(=O)[C@@H](C=CCCCCCCC(=O)CCCCCCC)[C@@](O)(CC(=O)O)C(=O)O)C(=O)O)cc1. The van der Waals surface area contributed by atoms with E-state index in [-0.39, 0.29) is 12.2 Å². The van der Waals surface area contributed by atoms with Crippen LogP contribution in [0.5, 0.6) is 5.75 Å². The number of rotatable bonds is 26. The lowest BCUT2D eigenvalue weighted by atomic mass is 9.82. The predicted octanol–water partition coefficient (Wildman–Crippen LogP) is 5.32. The van der Waals surface area contributed by atoms with E-state index in [2.05, 4.69) is 24.1 Å². The summed E-state index contributed by atoms with van der Waals surface area (Å²) < 4.78 is 5.57. The molecule has 11 nitrogen and oxygen atoms in total. The summed E-state index contributed by atoms with van der Waals surface area (Å²) in [7, 11) is 0. The fourth-order valence-electron chi connectivity index (χ4n) is 5.00. The molecule has 1 amide bonds. The lowest BCUT2D eigenvalue weighted by Gasteiger charge is -2.29. The molecule has 0 radical (unpaired) electrons. The number of ketones is 1. The van der Waals surface area contributed by atoms with Gasteiger partial charge in [-0.15, -0.1) is 11.8 Å². The van der Waals surface area contributed by atoms with Crippen molar-refractivity contribution in [3.63, 3.8) is 0 Å². The Bertz CT molecular complexity index is 1230. The first-order valence-corrected chi connectivity index (χ1v) is 16.4. The number of carbonyl (C=O) groups is 5. The van der Waals surface area contributed by atoms with Crippen LogP contribution in [0.4, 0.5) is 0 Å². The van der Waals surface area contributed by atoms with Crippen LogP contribution in [-0.4, -0.2) is 68.3 Å². The van der Waals surface area contributed by atoms with Crippen LogP contribution in [0.3, 0.4) is 0 Å². The molecule has 47 heavy (non-hydrogen) atoms. The van der Waals surface area contributed by atoms with Gasteiger partial charge in [0.1, 0.15) is 17.6 Å². The van der Waals surface area contributed by atoms with Crippen molar-refractivity contribution >= 4 is 29.6 Å². The molecular formula is C36H51NO10. The van der Waals surface area contributed by atoms with Gasteiger partial charge >= 0.3 is 17.9 Å². The highest BCUT2D eigenvalue weighted by atomic mass is 16.5. The van der Waals surface area contributed by atoms with Crippen molar-refractivity contribution < 1.29 is 49.1 Å². The molecule has 0 saturated carbocycles. The summed E-state index contributed by atoms with van der Waals surface area (Å²) in [6.45, 7) is 4.26. The topological polar surface area (TPSA) is 188 Å². The largest absolute Gasteiger partial charge is 0.493 e. The molecule has 0 aromatic heterocycles. The van der Waals surface area contributed by atoms with E-state index in [1.165, 1.54) is 12.5 Å². The van der Waals surface area contributed by atoms with Gasteiger partial charge in [-0.05, 0) is 50.3 Å². The van der Waals surface area contributed by atoms with Crippen LogP contribution in [0, 0.1) is 17.8 Å². The normalized spacial score (nSPS) is 13.5. The first-order chi connectivity index (χ1) is 22.4. The van der Waals surface area contributed by atoms with E-state index >= 15 is 0 Å². The molecule has 1 aromatic rings. The summed E-state index contributed by atoms with van der Waals surface area (Å²) in [6, 6.07) is 5.05. The quantitative estimate of drug-likeness (QED) is 0.0495. The molecule has 0 heterocycles. The molecular weight excluding hydrogens is 606 g/mol. The number of unbranched alkanes of at least 4 members (excludes halogenated alkanes) is 8. The van der Waals surface area contributed by atoms with Crippen LogP contribution in [0.25, 0.3) is 0 Å². The summed E-state index contributed by atoms with van der Waals surface area (Å²) in [5.74, 6) is -1.52. The number of nitrogens with one attached hydrogen (secondary N) is 1. The molecule has 5 N–H and O–H groups in total. The van der Waals surface area contributed by atoms with E-state index < -0.39 is 47.8 Å². The Morgan fingerprint density at radius 1 is 0.915 bits per heavy atom. The summed E-state index contributed by atoms with van der Waals surface area (Å²) in [5.41, 5.74) is -2.48. The Morgan fingerprint density at radius 3 is 2.09 bits per heavy atom. The van der Waals surface area contributed by atoms with Crippen LogP contribution in [0.1, 0.15) is 109 Å². The maximum atomic E-state index is 13.3. The van der Waals surface area contributed by atoms with E-state index in [1.807, 2.05) is 0 Å². The van der Waals surface area contributed by atoms with Crippen molar-refractivity contribution in [3.05, 3.63) is 42.0 Å². The molecule has 0 aliphatic heterocycles. The summed E-state index contributed by atoms with van der Waals surface area (Å²) >= 11 is 0. The first-order valence-electron chi connectivity index (χ1n) is 16.4. The average molecular weight is 658 g/mol. The molecule has 11 heteroatoms. The van der Waals surface area contributed by atoms with Crippen LogP contribution < -0.4 is 10.1 Å². The zero-order chi connectivity index (χ0) is 35.1. The number of benzene rings is 1. The third kappa shape index (κ3) is 16.8. The second-order valence-corrected chi connectivity index (χ2v) is 11.6. The Morgan fingerprint density at radius 2 is 1.53 bits per heavy atom. The van der Waals surface area contributed by atoms with E-state index in [1.54, 1.807) is 31.2 Å². The van der Waals surface area contributed by atoms with Gasteiger partial charge in [-0.25, -0.2) is 9.59 Å². The molecule has 0 fully saturated rings. The highest BCUT2D eigenvalue weighted by Gasteiger charge is 2.49. The van der Waals surface area contributed by atoms with Crippen LogP contribution >= 0.6 is 0 Å². The van der Waals surface area contributed by atoms with Gasteiger partial charge in [-0.2, -0.15) is 0 Å². The van der Waals surface area contributed by atoms with Crippen LogP contribution in [0.15, 0.2) is 36.4 Å². The van der Waals surface area contributed by atoms with Gasteiger partial charge in [-0.1, -0.05) is 69.7 Å². The van der Waals surface area contributed by atoms with Gasteiger partial charge in [0, 0.05) is 25.7 Å². The molecule has 3 atom stereocenters. The molecule has 1 aromatic carbocycles. The van der Waals surface area contributed by atoms with E-state index in [4.69, 9.17) is 4.74 Å². The molecule has 0 aliphatic carbocycles. The lowest BCUT2D eigenvalue weighted by Crippen LogP contribution is -2.55. The van der Waals surface area contributed by atoms with Crippen molar-refractivity contribution in [3.8, 4) is 17.6 Å². The van der Waals surface area contributed by atoms with E-state index in [0.29, 0.717) is 50.0 Å². The summed E-state index contributed by atoms with van der Waals surface area (Å²) in [4.78, 5) is 60.9. The number of aliphatic carboxylic acids is 3. The molecule has 260 valence electrons. The minimum atomic E-state index is -3.02. The number of carboxylic acid groups (broad SMARTS) is 3. The van der Waals surface area contributed by atoms with Crippen molar-refractivity contribution in [1.29, 1.82) is 0 Å². The number of Topliss-reactive ketones (excluding diaryl/α,β-unsaturated/α-hetero) is 1. The fourth-order valence-corrected chi connectivity index (χ4v) is 5.00. The third-order valence-corrected chi connectivity index (χ3v) is 7.70. The second kappa shape index (κ2) is 23.2. The third-order valence-electron chi connectivity index (χ3n) is 7.70. The van der Waals surface area contributed by atoms with E-state index in [9.17, 15) is 44.4 Å². The van der Waals surface area contributed by atoms with Crippen molar-refractivity contribution in [2.75, 3.05) is 6.61 Å². The highest BCUT2D eigenvalue weighted by molar-refractivity contribution is 5.94. The van der Waals surface area contributed by atoms with Gasteiger partial charge in [-0.3, -0.25) is 14.4 Å². The Balaban J connectivity index is 2.82. The van der Waals surface area contributed by atoms with Crippen LogP contribution in [0.2, 0.25) is 0 Å². The number of hydrogen-bond donors (Lipinski definition) is 5. The number of ether oxygens (including phenoxy) is 1. The maximum absolute atomic E-state index is 13.3. The minimum Gasteiger partial charge on any atom is -0.493 e. The average Bonchev–Trinajstić information content (AvgIpc) is 3.02. The predicted molar refractivity (Wildman–Crippen MR) is 177 cm³/mol. The molecule has 0 unspecified atom stereocenters. The molecule has 0 saturated heterocycles. The zero-order valence-electron chi connectivity index (χ0n) is 27.7. The number of amides is 1. The van der Waals surface area contributed by atoms with Gasteiger partial charge in [0.2, 0.25) is 5.91 Å². The molecule has 1 rings (SSSR count). The van der Waals surface area contributed by atoms with E-state index in [0.717, 1.165) is 51.0 Å². The zero-order valence-corrected chi connectivity index (χ0v) is 27.7. The van der Waals surface area contributed by atoms with Gasteiger partial charge in [0.25, 0.3) is 0 Å². The fraction of sp³-hybridized carbons (Fsp3) is 0.583. The van der Waals surface area contributed by atoms with Crippen molar-refractivity contribution in [1.82, 2.24) is 5.32 Å². The highest BCUT2D eigenvalue weighted by Crippen LogP contribution is 2.26. The summed E-state index contributed by atoms with van der Waals surface area (Å²) in [6.07, 6.45) is 11.8. The monoisotopic (exact) mass is 657 g/mol. The lowest BCUT2D eigenvalue weighted by molar-refractivity contribution is -0.172. The number of carbonyl (C=O) groups excluding carboxylic acids is 2. The Hall–Kier alpha value is -4.17. The number of carboxylic acids is 3. The Labute approximate surface area is 277 Å². The first kappa shape index (κ1) is 40.9. The number of aliphatic hydroxyl groups is 1. The molecule has 0 aliphatic rings. The maximum Gasteiger partial charge on any atom is 0.337 e. The van der Waals surface area contributed by atoms with Gasteiger partial charge in [0.15, 0.2) is 5.60 Å². The van der Waals surface area contributed by atoms with Crippen molar-refractivity contribution in [2.24, 2.45) is 5.92 Å². The standard InChI is InChI=1S/C36H51NO10/c1-3-5-7-10-13-17-28(38)18-14-11-8-9-12-15-19-30(36(46,35(44)45)26-32(39)40)33(41)37-31(34(42)43)25-27-20-22-29(23-21-27)47-24-16-6-4-2/h15,19-23,30-31,46H,3,5,7-14,16-18,24-26H2,1-2H3,(H,37,41)(H,39,40)(H,42,43)(H,44,45)/t30-,31+,36+/m1/s1. The Kier molecular flexibility index (Phi) is 20.2. The smallest absolute Gasteiger partial charge is 0.337 e. The number of hydrogen-bond acceptors (Lipinski definition) is 7. The van der Waals surface area contributed by atoms with Gasteiger partial charge in [0.05, 0.1) is 18.9 Å². The minimum absolute atomic E-state index is 0.162. The number of allylic oxidation sites excluding steroid dienone is 1. The summed E-state index contributed by atoms with van der Waals surface area (Å²) in [5, 5.41) is 42.0. The van der Waals surface area contributed by atoms with Gasteiger partial charge < -0.3 is 30.5 Å². The second-order valence-electron chi connectivity index (χ2n) is 11.6.